The second kappa shape index (κ2) is 14.7. The average molecular weight is 618 g/mol. The van der Waals surface area contributed by atoms with Gasteiger partial charge in [0, 0.05) is 24.4 Å². The Balaban J connectivity index is 0.00000484. The van der Waals surface area contributed by atoms with E-state index in [-0.39, 0.29) is 28.1 Å². The van der Waals surface area contributed by atoms with Crippen molar-refractivity contribution >= 4 is 33.2 Å². The average Bonchev–Trinajstić information content (AvgIpc) is 3.39. The van der Waals surface area contributed by atoms with Gasteiger partial charge in [-0.2, -0.15) is 0 Å². The van der Waals surface area contributed by atoms with E-state index in [0.29, 0.717) is 46.3 Å². The minimum Gasteiger partial charge on any atom is -0.494 e. The van der Waals surface area contributed by atoms with Gasteiger partial charge in [0.05, 0.1) is 32.8 Å². The molecular weight excluding hydrogens is 578 g/mol. The van der Waals surface area contributed by atoms with Gasteiger partial charge < -0.3 is 28.3 Å². The molecule has 3 aromatic carbocycles. The van der Waals surface area contributed by atoms with Crippen molar-refractivity contribution in [3.05, 3.63) is 72.0 Å². The number of halogens is 1. The second-order valence-corrected chi connectivity index (χ2v) is 12.1. The molecule has 0 radical (unpaired) electrons. The van der Waals surface area contributed by atoms with Crippen molar-refractivity contribution in [1.29, 1.82) is 0 Å². The molecule has 0 saturated carbocycles. The Bertz CT molecular complexity index is 1540. The van der Waals surface area contributed by atoms with Crippen molar-refractivity contribution in [2.45, 2.75) is 42.4 Å². The van der Waals surface area contributed by atoms with E-state index < -0.39 is 9.84 Å². The quantitative estimate of drug-likeness (QED) is 0.143. The maximum Gasteiger partial charge on any atom is 0.210 e. The van der Waals surface area contributed by atoms with Crippen molar-refractivity contribution in [3.8, 4) is 23.0 Å². The van der Waals surface area contributed by atoms with Crippen LogP contribution in [0.1, 0.15) is 37.5 Å². The Morgan fingerprint density at radius 1 is 0.881 bits per heavy atom. The summed E-state index contributed by atoms with van der Waals surface area (Å²) >= 11 is 0. The van der Waals surface area contributed by atoms with Gasteiger partial charge in [-0.05, 0) is 74.0 Å². The van der Waals surface area contributed by atoms with Gasteiger partial charge in [0.2, 0.25) is 15.6 Å². The van der Waals surface area contributed by atoms with E-state index in [1.807, 2.05) is 38.1 Å². The van der Waals surface area contributed by atoms with Crippen molar-refractivity contribution in [2.24, 2.45) is 0 Å². The molecule has 0 aliphatic carbocycles. The maximum atomic E-state index is 13.6. The molecule has 1 heterocycles. The zero-order valence-corrected chi connectivity index (χ0v) is 26.6. The molecule has 4 aromatic rings. The van der Waals surface area contributed by atoms with E-state index in [1.165, 1.54) is 0 Å². The Labute approximate surface area is 254 Å². The van der Waals surface area contributed by atoms with Crippen LogP contribution in [0, 0.1) is 0 Å². The Morgan fingerprint density at radius 3 is 2.12 bits per heavy atom. The predicted octanol–water partition coefficient (Wildman–Crippen LogP) is 6.78. The van der Waals surface area contributed by atoms with Crippen LogP contribution in [0.5, 0.6) is 23.0 Å². The fourth-order valence-electron chi connectivity index (χ4n) is 4.77. The molecule has 0 bridgehead atoms. The number of methoxy groups -OCH3 is 3. The summed E-state index contributed by atoms with van der Waals surface area (Å²) in [4.78, 5) is 2.69. The van der Waals surface area contributed by atoms with E-state index in [0.717, 1.165) is 31.5 Å². The number of ether oxygens (including phenoxy) is 4. The number of furan rings is 1. The van der Waals surface area contributed by atoms with Crippen LogP contribution in [0.2, 0.25) is 0 Å². The normalized spacial score (nSPS) is 11.5. The van der Waals surface area contributed by atoms with Crippen LogP contribution >= 0.6 is 12.4 Å². The highest BCUT2D eigenvalue weighted by atomic mass is 35.5. The molecule has 0 amide bonds. The fraction of sp³-hybridized carbons (Fsp3) is 0.375. The number of nitrogens with zero attached hydrogens (tertiary/aromatic N) is 1. The van der Waals surface area contributed by atoms with Crippen LogP contribution in [0.3, 0.4) is 0 Å². The summed E-state index contributed by atoms with van der Waals surface area (Å²) in [6.07, 6.45) is 1.65. The van der Waals surface area contributed by atoms with Gasteiger partial charge in [0.15, 0.2) is 11.5 Å². The highest BCUT2D eigenvalue weighted by molar-refractivity contribution is 7.91. The Hall–Kier alpha value is -3.40. The van der Waals surface area contributed by atoms with Gasteiger partial charge in [-0.25, -0.2) is 8.42 Å². The van der Waals surface area contributed by atoms with E-state index in [1.54, 1.807) is 57.7 Å². The molecular formula is C32H40ClNO7S. The van der Waals surface area contributed by atoms with Gasteiger partial charge in [0.25, 0.3) is 0 Å². The first-order chi connectivity index (χ1) is 19.7. The summed E-state index contributed by atoms with van der Waals surface area (Å²) in [5.41, 5.74) is 1.67. The zero-order chi connectivity index (χ0) is 29.6. The fourth-order valence-corrected chi connectivity index (χ4v) is 6.50. The van der Waals surface area contributed by atoms with Crippen LogP contribution in [0.15, 0.2) is 74.9 Å². The molecule has 10 heteroatoms. The van der Waals surface area contributed by atoms with E-state index >= 15 is 0 Å². The third-order valence-electron chi connectivity index (χ3n) is 6.96. The number of benzene rings is 3. The lowest BCUT2D eigenvalue weighted by atomic mass is 10.1. The summed E-state index contributed by atoms with van der Waals surface area (Å²) in [6.45, 7) is 6.08. The zero-order valence-electron chi connectivity index (χ0n) is 25.0. The monoisotopic (exact) mass is 617 g/mol. The van der Waals surface area contributed by atoms with Gasteiger partial charge in [-0.3, -0.25) is 0 Å². The molecule has 0 spiro atoms. The Morgan fingerprint density at radius 2 is 1.52 bits per heavy atom. The number of fused-ring (bicyclic) bond motifs is 1. The number of hydrogen-bond donors (Lipinski definition) is 0. The number of sulfone groups is 1. The lowest BCUT2D eigenvalue weighted by Gasteiger charge is -2.18. The largest absolute Gasteiger partial charge is 0.494 e. The minimum atomic E-state index is -3.77. The van der Waals surface area contributed by atoms with Gasteiger partial charge >= 0.3 is 0 Å². The van der Waals surface area contributed by atoms with Crippen LogP contribution in [0.25, 0.3) is 11.0 Å². The number of para-hydroxylation sites is 1. The summed E-state index contributed by atoms with van der Waals surface area (Å²) < 4.78 is 55.4. The predicted molar refractivity (Wildman–Crippen MR) is 167 cm³/mol. The molecule has 42 heavy (non-hydrogen) atoms. The first kappa shape index (κ1) is 33.1. The van der Waals surface area contributed by atoms with Crippen molar-refractivity contribution in [3.63, 3.8) is 0 Å². The number of likely N-dealkylation sites (N-methyl/N-ethyl adjacent to an activating group) is 1. The van der Waals surface area contributed by atoms with E-state index in [2.05, 4.69) is 11.9 Å². The van der Waals surface area contributed by atoms with Crippen LogP contribution in [0.4, 0.5) is 0 Å². The molecule has 8 nitrogen and oxygen atoms in total. The number of hydrogen-bond acceptors (Lipinski definition) is 8. The Kier molecular flexibility index (Phi) is 11.6. The molecule has 0 atom stereocenters. The minimum absolute atomic E-state index is 0. The van der Waals surface area contributed by atoms with Gasteiger partial charge in [-0.1, -0.05) is 26.0 Å². The van der Waals surface area contributed by atoms with Crippen molar-refractivity contribution in [1.82, 2.24) is 4.90 Å². The molecule has 0 saturated heterocycles. The van der Waals surface area contributed by atoms with Crippen LogP contribution in [-0.2, 0) is 16.3 Å². The highest BCUT2D eigenvalue weighted by Crippen LogP contribution is 2.39. The first-order valence-corrected chi connectivity index (χ1v) is 15.1. The van der Waals surface area contributed by atoms with E-state index in [9.17, 15) is 8.42 Å². The van der Waals surface area contributed by atoms with Crippen LogP contribution < -0.4 is 18.9 Å². The molecule has 0 aliphatic heterocycles. The summed E-state index contributed by atoms with van der Waals surface area (Å²) in [6, 6.07) is 17.8. The summed E-state index contributed by atoms with van der Waals surface area (Å²) in [5.74, 6) is 2.91. The lowest BCUT2D eigenvalue weighted by molar-refractivity contribution is 0.263. The van der Waals surface area contributed by atoms with Gasteiger partial charge in [-0.15, -0.1) is 12.4 Å². The smallest absolute Gasteiger partial charge is 0.210 e. The van der Waals surface area contributed by atoms with Crippen LogP contribution in [-0.4, -0.2) is 61.4 Å². The maximum absolute atomic E-state index is 13.6. The molecule has 0 unspecified atom stereocenters. The van der Waals surface area contributed by atoms with Gasteiger partial charge in [0.1, 0.15) is 22.0 Å². The molecule has 228 valence electrons. The summed E-state index contributed by atoms with van der Waals surface area (Å²) in [7, 11) is 3.12. The third-order valence-corrected chi connectivity index (χ3v) is 8.81. The van der Waals surface area contributed by atoms with Crippen molar-refractivity contribution in [2.75, 3.05) is 48.1 Å². The number of rotatable bonds is 14. The molecule has 0 aliphatic rings. The topological polar surface area (TPSA) is 87.4 Å². The standard InChI is InChI=1S/C32H39NO7S.ClH/c1-22(2)30-32(26-10-7-8-11-27(26)40-30)41(34,35)25-14-12-24(13-15-25)39-19-9-17-33(3)18-16-23-20-28(36-4)31(38-6)29(21-23)37-5;/h7-8,10-15,20-22H,9,16-19H2,1-6H3;1H. The van der Waals surface area contributed by atoms with E-state index in [4.69, 9.17) is 23.4 Å². The first-order valence-electron chi connectivity index (χ1n) is 13.7. The molecule has 1 aromatic heterocycles. The van der Waals surface area contributed by atoms with Crippen molar-refractivity contribution < 1.29 is 31.8 Å². The third kappa shape index (κ3) is 7.32. The molecule has 4 rings (SSSR count). The SMILES string of the molecule is COc1cc(CCN(C)CCCOc2ccc(S(=O)(=O)c3c(C(C)C)oc4ccccc34)cc2)cc(OC)c1OC.Cl. The lowest BCUT2D eigenvalue weighted by Crippen LogP contribution is -2.23. The second-order valence-electron chi connectivity index (χ2n) is 10.2. The molecule has 0 N–H and O–H groups in total. The summed E-state index contributed by atoms with van der Waals surface area (Å²) in [5, 5.41) is 0.603. The molecule has 0 fully saturated rings. The highest BCUT2D eigenvalue weighted by Gasteiger charge is 2.29.